The van der Waals surface area contributed by atoms with Gasteiger partial charge < -0.3 is 14.6 Å². The average molecular weight is 395 g/mol. The van der Waals surface area contributed by atoms with Crippen molar-refractivity contribution in [2.75, 3.05) is 32.8 Å². The molecule has 4 rings (SSSR count). The SMILES string of the molecule is CCOc1ccc2cc(C(=O)N3CCCN(Cc4ccc(F)cc4)CC3)[nH]c2c1. The van der Waals surface area contributed by atoms with Gasteiger partial charge >= 0.3 is 0 Å². The summed E-state index contributed by atoms with van der Waals surface area (Å²) in [5.41, 5.74) is 2.61. The average Bonchev–Trinajstić information content (AvgIpc) is 3.01. The van der Waals surface area contributed by atoms with Gasteiger partial charge in [-0.3, -0.25) is 9.69 Å². The smallest absolute Gasteiger partial charge is 0.270 e. The van der Waals surface area contributed by atoms with E-state index in [9.17, 15) is 9.18 Å². The topological polar surface area (TPSA) is 48.6 Å². The third-order valence-corrected chi connectivity index (χ3v) is 5.33. The Labute approximate surface area is 170 Å². The molecule has 1 saturated heterocycles. The van der Waals surface area contributed by atoms with Gasteiger partial charge in [-0.2, -0.15) is 0 Å². The third-order valence-electron chi connectivity index (χ3n) is 5.33. The molecule has 1 fully saturated rings. The van der Waals surface area contributed by atoms with Crippen molar-refractivity contribution in [3.63, 3.8) is 0 Å². The number of nitrogens with zero attached hydrogens (tertiary/aromatic N) is 2. The summed E-state index contributed by atoms with van der Waals surface area (Å²) in [6, 6.07) is 14.4. The lowest BCUT2D eigenvalue weighted by molar-refractivity contribution is 0.0756. The van der Waals surface area contributed by atoms with Crippen molar-refractivity contribution >= 4 is 16.8 Å². The lowest BCUT2D eigenvalue weighted by atomic mass is 10.2. The van der Waals surface area contributed by atoms with Crippen LogP contribution >= 0.6 is 0 Å². The van der Waals surface area contributed by atoms with Crippen molar-refractivity contribution in [3.8, 4) is 5.75 Å². The Morgan fingerprint density at radius 2 is 1.90 bits per heavy atom. The first kappa shape index (κ1) is 19.5. The molecule has 1 amide bonds. The van der Waals surface area contributed by atoms with Crippen LogP contribution in [-0.2, 0) is 6.54 Å². The van der Waals surface area contributed by atoms with Gasteiger partial charge in [-0.25, -0.2) is 4.39 Å². The molecule has 0 aliphatic carbocycles. The molecule has 1 N–H and O–H groups in total. The second kappa shape index (κ2) is 8.66. The molecular formula is C23H26FN3O2. The summed E-state index contributed by atoms with van der Waals surface area (Å²) in [7, 11) is 0. The largest absolute Gasteiger partial charge is 0.494 e. The van der Waals surface area contributed by atoms with Crippen LogP contribution in [0.4, 0.5) is 4.39 Å². The van der Waals surface area contributed by atoms with Gasteiger partial charge in [0.05, 0.1) is 6.61 Å². The number of benzene rings is 2. The molecule has 5 nitrogen and oxygen atoms in total. The number of rotatable bonds is 5. The summed E-state index contributed by atoms with van der Waals surface area (Å²) in [6.07, 6.45) is 0.918. The number of fused-ring (bicyclic) bond motifs is 1. The van der Waals surface area contributed by atoms with Crippen LogP contribution in [0.25, 0.3) is 10.9 Å². The highest BCUT2D eigenvalue weighted by Crippen LogP contribution is 2.22. The number of carbonyl (C=O) groups is 1. The van der Waals surface area contributed by atoms with E-state index in [1.54, 1.807) is 0 Å². The highest BCUT2D eigenvalue weighted by molar-refractivity contribution is 5.98. The van der Waals surface area contributed by atoms with Gasteiger partial charge in [0.2, 0.25) is 0 Å². The fourth-order valence-corrected chi connectivity index (χ4v) is 3.83. The quantitative estimate of drug-likeness (QED) is 0.709. The van der Waals surface area contributed by atoms with Gasteiger partial charge in [-0.1, -0.05) is 12.1 Å². The van der Waals surface area contributed by atoms with Gasteiger partial charge in [0, 0.05) is 49.7 Å². The number of aromatic nitrogens is 1. The van der Waals surface area contributed by atoms with Crippen LogP contribution in [0, 0.1) is 5.82 Å². The van der Waals surface area contributed by atoms with Crippen LogP contribution in [0.3, 0.4) is 0 Å². The van der Waals surface area contributed by atoms with E-state index >= 15 is 0 Å². The van der Waals surface area contributed by atoms with Crippen LogP contribution in [0.2, 0.25) is 0 Å². The van der Waals surface area contributed by atoms with E-state index in [2.05, 4.69) is 9.88 Å². The molecule has 2 heterocycles. The molecule has 1 aliphatic rings. The Hall–Kier alpha value is -2.86. The van der Waals surface area contributed by atoms with Crippen molar-refractivity contribution in [1.82, 2.24) is 14.8 Å². The zero-order valence-corrected chi connectivity index (χ0v) is 16.7. The Balaban J connectivity index is 1.41. The van der Waals surface area contributed by atoms with Crippen molar-refractivity contribution < 1.29 is 13.9 Å². The molecule has 1 aromatic heterocycles. The van der Waals surface area contributed by atoms with Gasteiger partial charge in [0.15, 0.2) is 0 Å². The van der Waals surface area contributed by atoms with E-state index in [1.807, 2.05) is 48.2 Å². The minimum atomic E-state index is -0.215. The highest BCUT2D eigenvalue weighted by Gasteiger charge is 2.22. The number of amides is 1. The zero-order chi connectivity index (χ0) is 20.2. The second-order valence-corrected chi connectivity index (χ2v) is 7.41. The Kier molecular flexibility index (Phi) is 5.81. The molecule has 2 aromatic carbocycles. The maximum Gasteiger partial charge on any atom is 0.270 e. The van der Waals surface area contributed by atoms with Gasteiger partial charge in [-0.05, 0) is 49.2 Å². The van der Waals surface area contributed by atoms with Crippen molar-refractivity contribution in [1.29, 1.82) is 0 Å². The predicted molar refractivity (Wildman–Crippen MR) is 112 cm³/mol. The predicted octanol–water partition coefficient (Wildman–Crippen LogP) is 4.05. The first-order chi connectivity index (χ1) is 14.1. The summed E-state index contributed by atoms with van der Waals surface area (Å²) >= 11 is 0. The number of carbonyl (C=O) groups excluding carboxylic acids is 1. The van der Waals surface area contributed by atoms with E-state index in [4.69, 9.17) is 4.74 Å². The maximum atomic E-state index is 13.1. The maximum absolute atomic E-state index is 13.1. The van der Waals surface area contributed by atoms with Gasteiger partial charge in [-0.15, -0.1) is 0 Å². The minimum absolute atomic E-state index is 0.0304. The Bertz CT molecular complexity index is 983. The fourth-order valence-electron chi connectivity index (χ4n) is 3.83. The summed E-state index contributed by atoms with van der Waals surface area (Å²) in [5, 5.41) is 1.00. The molecule has 29 heavy (non-hydrogen) atoms. The van der Waals surface area contributed by atoms with E-state index < -0.39 is 0 Å². The summed E-state index contributed by atoms with van der Waals surface area (Å²) in [5.74, 6) is 0.614. The van der Waals surface area contributed by atoms with Crippen molar-refractivity contribution in [3.05, 3.63) is 65.6 Å². The molecule has 3 aromatic rings. The normalized spacial score (nSPS) is 15.4. The van der Waals surface area contributed by atoms with Crippen LogP contribution in [-0.4, -0.2) is 53.5 Å². The fraction of sp³-hybridized carbons (Fsp3) is 0.348. The van der Waals surface area contributed by atoms with Crippen LogP contribution in [0.5, 0.6) is 5.75 Å². The van der Waals surface area contributed by atoms with E-state index in [-0.39, 0.29) is 11.7 Å². The summed E-state index contributed by atoms with van der Waals surface area (Å²) < 4.78 is 18.6. The van der Waals surface area contributed by atoms with Crippen molar-refractivity contribution in [2.24, 2.45) is 0 Å². The highest BCUT2D eigenvalue weighted by atomic mass is 19.1. The monoisotopic (exact) mass is 395 g/mol. The zero-order valence-electron chi connectivity index (χ0n) is 16.7. The third kappa shape index (κ3) is 4.59. The lowest BCUT2D eigenvalue weighted by Gasteiger charge is -2.21. The molecule has 0 unspecified atom stereocenters. The van der Waals surface area contributed by atoms with Crippen LogP contribution in [0.1, 0.15) is 29.4 Å². The molecular weight excluding hydrogens is 369 g/mol. The molecule has 0 saturated carbocycles. The number of ether oxygens (including phenoxy) is 1. The molecule has 0 bridgehead atoms. The van der Waals surface area contributed by atoms with E-state index in [0.29, 0.717) is 18.8 Å². The summed E-state index contributed by atoms with van der Waals surface area (Å²) in [6.45, 7) is 6.48. The van der Waals surface area contributed by atoms with E-state index in [0.717, 1.165) is 54.8 Å². The molecule has 0 atom stereocenters. The number of H-pyrrole nitrogens is 1. The van der Waals surface area contributed by atoms with E-state index in [1.165, 1.54) is 12.1 Å². The van der Waals surface area contributed by atoms with Crippen LogP contribution in [0.15, 0.2) is 48.5 Å². The summed E-state index contributed by atoms with van der Waals surface area (Å²) in [4.78, 5) is 20.5. The van der Waals surface area contributed by atoms with Crippen LogP contribution < -0.4 is 4.74 Å². The molecule has 6 heteroatoms. The lowest BCUT2D eigenvalue weighted by Crippen LogP contribution is -2.35. The number of nitrogens with one attached hydrogen (secondary N) is 1. The number of hydrogen-bond acceptors (Lipinski definition) is 3. The second-order valence-electron chi connectivity index (χ2n) is 7.41. The molecule has 152 valence electrons. The molecule has 0 spiro atoms. The van der Waals surface area contributed by atoms with Gasteiger partial charge in [0.1, 0.15) is 17.3 Å². The number of halogens is 1. The van der Waals surface area contributed by atoms with Gasteiger partial charge in [0.25, 0.3) is 5.91 Å². The minimum Gasteiger partial charge on any atom is -0.494 e. The molecule has 0 radical (unpaired) electrons. The first-order valence-electron chi connectivity index (χ1n) is 10.1. The standard InChI is InChI=1S/C23H26FN3O2/c1-2-29-20-9-6-18-14-22(25-21(18)15-20)23(28)27-11-3-10-26(12-13-27)16-17-4-7-19(24)8-5-17/h4-9,14-15,25H,2-3,10-13,16H2,1H3. The number of hydrogen-bond donors (Lipinski definition) is 1. The van der Waals surface area contributed by atoms with Crippen molar-refractivity contribution in [2.45, 2.75) is 19.9 Å². The first-order valence-corrected chi connectivity index (χ1v) is 10.1. The Morgan fingerprint density at radius 3 is 2.69 bits per heavy atom. The Morgan fingerprint density at radius 1 is 1.07 bits per heavy atom. The molecule has 1 aliphatic heterocycles. The number of aromatic amines is 1.